The summed E-state index contributed by atoms with van der Waals surface area (Å²) < 4.78 is 4.87. The Balaban J connectivity index is 1.22. The van der Waals surface area contributed by atoms with Gasteiger partial charge in [-0.05, 0) is 99.3 Å². The van der Waals surface area contributed by atoms with E-state index in [0.717, 1.165) is 48.1 Å². The lowest BCUT2D eigenvalue weighted by Gasteiger charge is -2.56. The van der Waals surface area contributed by atoms with Crippen LogP contribution in [-0.4, -0.2) is 25.0 Å². The van der Waals surface area contributed by atoms with Gasteiger partial charge in [0.2, 0.25) is 0 Å². The number of ether oxygens (including phenoxy) is 1. The van der Waals surface area contributed by atoms with Crippen molar-refractivity contribution in [2.45, 2.75) is 77.7 Å². The first-order valence-electron chi connectivity index (χ1n) is 12.6. The second-order valence-corrected chi connectivity index (χ2v) is 12.1. The molecule has 1 aromatic heterocycles. The zero-order chi connectivity index (χ0) is 23.9. The Labute approximate surface area is 206 Å². The number of amides is 1. The zero-order valence-corrected chi connectivity index (χ0v) is 21.4. The van der Waals surface area contributed by atoms with Crippen molar-refractivity contribution >= 4 is 28.8 Å². The van der Waals surface area contributed by atoms with Crippen LogP contribution < -0.4 is 5.32 Å². The third-order valence-electron chi connectivity index (χ3n) is 8.20. The summed E-state index contributed by atoms with van der Waals surface area (Å²) in [5, 5.41) is 3.29. The van der Waals surface area contributed by atoms with E-state index < -0.39 is 0 Å². The van der Waals surface area contributed by atoms with E-state index in [9.17, 15) is 9.59 Å². The van der Waals surface area contributed by atoms with E-state index in [4.69, 9.17) is 4.74 Å². The normalized spacial score (nSPS) is 25.8. The van der Waals surface area contributed by atoms with Crippen molar-refractivity contribution in [3.8, 4) is 0 Å². The number of hydrogen-bond acceptors (Lipinski definition) is 4. The van der Waals surface area contributed by atoms with E-state index in [1.54, 1.807) is 11.3 Å². The molecule has 0 unspecified atom stereocenters. The first kappa shape index (κ1) is 23.3. The second-order valence-electron chi connectivity index (χ2n) is 10.6. The average Bonchev–Trinajstić information content (AvgIpc) is 3.07. The molecular weight excluding hydrogens is 442 g/mol. The number of esters is 1. The van der Waals surface area contributed by atoms with Crippen LogP contribution in [0.4, 0.5) is 0 Å². The van der Waals surface area contributed by atoms with Gasteiger partial charge >= 0.3 is 5.97 Å². The Morgan fingerprint density at radius 3 is 2.44 bits per heavy atom. The van der Waals surface area contributed by atoms with Gasteiger partial charge in [0.25, 0.3) is 5.91 Å². The van der Waals surface area contributed by atoms with Crippen LogP contribution in [0.1, 0.15) is 88.2 Å². The summed E-state index contributed by atoms with van der Waals surface area (Å²) in [7, 11) is 1.46. The predicted octanol–water partition coefficient (Wildman–Crippen LogP) is 6.37. The van der Waals surface area contributed by atoms with Crippen LogP contribution in [0, 0.1) is 25.2 Å². The number of methoxy groups -OCH3 is 1. The number of nitrogens with one attached hydrogen (secondary N) is 1. The predicted molar refractivity (Wildman–Crippen MR) is 137 cm³/mol. The van der Waals surface area contributed by atoms with E-state index in [0.29, 0.717) is 0 Å². The Hall–Kier alpha value is -2.40. The van der Waals surface area contributed by atoms with Gasteiger partial charge in [0.15, 0.2) is 0 Å². The molecule has 5 heteroatoms. The SMILES string of the molecule is COC(=O)C1CC2(CC(NC(=O)c3c(C)sc(C)c3Cc3ccc(C4=CCCCC4)cc3)C2)C1. The van der Waals surface area contributed by atoms with Crippen molar-refractivity contribution in [3.05, 3.63) is 62.3 Å². The van der Waals surface area contributed by atoms with Crippen molar-refractivity contribution in [2.24, 2.45) is 11.3 Å². The molecule has 1 aromatic carbocycles. The molecule has 0 aliphatic heterocycles. The molecule has 1 spiro atoms. The Bertz CT molecular complexity index is 1110. The number of allylic oxidation sites excluding steroid dienone is 2. The Morgan fingerprint density at radius 2 is 1.79 bits per heavy atom. The van der Waals surface area contributed by atoms with E-state index in [-0.39, 0.29) is 29.3 Å². The van der Waals surface area contributed by atoms with Crippen LogP contribution in [0.5, 0.6) is 0 Å². The lowest BCUT2D eigenvalue weighted by atomic mass is 9.50. The smallest absolute Gasteiger partial charge is 0.308 e. The Morgan fingerprint density at radius 1 is 1.06 bits per heavy atom. The van der Waals surface area contributed by atoms with Gasteiger partial charge in [0.1, 0.15) is 0 Å². The summed E-state index contributed by atoms with van der Waals surface area (Å²) >= 11 is 1.72. The monoisotopic (exact) mass is 477 g/mol. The number of rotatable bonds is 6. The molecule has 34 heavy (non-hydrogen) atoms. The molecule has 1 heterocycles. The highest BCUT2D eigenvalue weighted by molar-refractivity contribution is 7.12. The lowest BCUT2D eigenvalue weighted by molar-refractivity contribution is -0.159. The molecule has 2 aromatic rings. The molecule has 4 nitrogen and oxygen atoms in total. The van der Waals surface area contributed by atoms with Crippen molar-refractivity contribution in [1.82, 2.24) is 5.32 Å². The molecular formula is C29H35NO3S. The molecule has 5 rings (SSSR count). The molecule has 2 saturated carbocycles. The van der Waals surface area contributed by atoms with E-state index in [2.05, 4.69) is 49.5 Å². The third kappa shape index (κ3) is 4.47. The summed E-state index contributed by atoms with van der Waals surface area (Å²) in [5.41, 5.74) is 6.33. The van der Waals surface area contributed by atoms with E-state index in [1.807, 2.05) is 0 Å². The molecule has 1 N–H and O–H groups in total. The van der Waals surface area contributed by atoms with Gasteiger partial charge in [-0.25, -0.2) is 0 Å². The molecule has 3 aliphatic rings. The van der Waals surface area contributed by atoms with Crippen LogP contribution >= 0.6 is 11.3 Å². The molecule has 0 saturated heterocycles. The fraction of sp³-hybridized carbons (Fsp3) is 0.517. The summed E-state index contributed by atoms with van der Waals surface area (Å²) in [6.45, 7) is 4.19. The number of thiophene rings is 1. The largest absolute Gasteiger partial charge is 0.469 e. The fourth-order valence-corrected chi connectivity index (χ4v) is 7.45. The van der Waals surface area contributed by atoms with E-state index >= 15 is 0 Å². The standard InChI is InChI=1S/C29H35NO3S/c1-18-25(13-20-9-11-22(12-10-20)21-7-5-4-6-8-21)26(19(2)34-18)27(31)30-24-16-29(17-24)14-23(15-29)28(32)33-3/h7,9-12,23-24H,4-6,8,13-17H2,1-3H3,(H,30,31). The minimum Gasteiger partial charge on any atom is -0.469 e. The number of benzene rings is 1. The van der Waals surface area contributed by atoms with Crippen molar-refractivity contribution < 1.29 is 14.3 Å². The molecule has 3 aliphatic carbocycles. The number of aryl methyl sites for hydroxylation is 2. The lowest BCUT2D eigenvalue weighted by Crippen LogP contribution is -2.57. The molecule has 0 bridgehead atoms. The van der Waals surface area contributed by atoms with Crippen molar-refractivity contribution in [2.75, 3.05) is 7.11 Å². The highest BCUT2D eigenvalue weighted by atomic mass is 32.1. The minimum absolute atomic E-state index is 0.0517. The van der Waals surface area contributed by atoms with Crippen LogP contribution in [-0.2, 0) is 16.0 Å². The molecule has 1 amide bonds. The van der Waals surface area contributed by atoms with Crippen LogP contribution in [0.3, 0.4) is 0 Å². The first-order chi connectivity index (χ1) is 16.4. The maximum atomic E-state index is 13.3. The van der Waals surface area contributed by atoms with Crippen molar-refractivity contribution in [1.29, 1.82) is 0 Å². The van der Waals surface area contributed by atoms with Crippen LogP contribution in [0.15, 0.2) is 30.3 Å². The third-order valence-corrected chi connectivity index (χ3v) is 9.26. The molecule has 0 radical (unpaired) electrons. The van der Waals surface area contributed by atoms with Gasteiger partial charge in [-0.1, -0.05) is 30.3 Å². The Kier molecular flexibility index (Phi) is 6.41. The van der Waals surface area contributed by atoms with Gasteiger partial charge in [-0.15, -0.1) is 11.3 Å². The van der Waals surface area contributed by atoms with E-state index in [1.165, 1.54) is 54.4 Å². The molecule has 2 fully saturated rings. The van der Waals surface area contributed by atoms with Gasteiger partial charge in [-0.2, -0.15) is 0 Å². The maximum absolute atomic E-state index is 13.3. The minimum atomic E-state index is -0.0874. The highest BCUT2D eigenvalue weighted by Crippen LogP contribution is 2.59. The molecule has 180 valence electrons. The van der Waals surface area contributed by atoms with Gasteiger partial charge < -0.3 is 10.1 Å². The van der Waals surface area contributed by atoms with Crippen LogP contribution in [0.25, 0.3) is 5.57 Å². The average molecular weight is 478 g/mol. The summed E-state index contributed by atoms with van der Waals surface area (Å²) in [6.07, 6.45) is 11.9. The summed E-state index contributed by atoms with van der Waals surface area (Å²) in [6, 6.07) is 9.15. The van der Waals surface area contributed by atoms with Crippen LogP contribution in [0.2, 0.25) is 0 Å². The number of carbonyl (C=O) groups excluding carboxylic acids is 2. The number of hydrogen-bond donors (Lipinski definition) is 1. The summed E-state index contributed by atoms with van der Waals surface area (Å²) in [4.78, 5) is 27.3. The highest BCUT2D eigenvalue weighted by Gasteiger charge is 2.55. The zero-order valence-electron chi connectivity index (χ0n) is 20.5. The quantitative estimate of drug-likeness (QED) is 0.492. The van der Waals surface area contributed by atoms with Gasteiger partial charge in [-0.3, -0.25) is 9.59 Å². The first-order valence-corrected chi connectivity index (χ1v) is 13.4. The van der Waals surface area contributed by atoms with Gasteiger partial charge in [0, 0.05) is 15.8 Å². The maximum Gasteiger partial charge on any atom is 0.308 e. The van der Waals surface area contributed by atoms with Crippen molar-refractivity contribution in [3.63, 3.8) is 0 Å². The molecule has 0 atom stereocenters. The summed E-state index contributed by atoms with van der Waals surface area (Å²) in [5.74, 6) is 0.0240. The second kappa shape index (κ2) is 9.33. The number of carbonyl (C=O) groups is 2. The van der Waals surface area contributed by atoms with Gasteiger partial charge in [0.05, 0.1) is 18.6 Å². The fourth-order valence-electron chi connectivity index (χ4n) is 6.38. The topological polar surface area (TPSA) is 55.4 Å².